The molecule has 6 heteroatoms. The molecule has 0 aliphatic carbocycles. The van der Waals surface area contributed by atoms with Gasteiger partial charge in [-0.1, -0.05) is 12.1 Å². The van der Waals surface area contributed by atoms with E-state index in [1.54, 1.807) is 7.11 Å². The molecule has 1 aromatic carbocycles. The van der Waals surface area contributed by atoms with E-state index in [4.69, 9.17) is 9.47 Å². The summed E-state index contributed by atoms with van der Waals surface area (Å²) in [6.45, 7) is 2.63. The van der Waals surface area contributed by atoms with Crippen molar-refractivity contribution in [3.8, 4) is 5.75 Å². The van der Waals surface area contributed by atoms with Crippen LogP contribution in [0.4, 0.5) is 0 Å². The molecular weight excluding hydrogens is 294 g/mol. The van der Waals surface area contributed by atoms with Crippen molar-refractivity contribution in [3.63, 3.8) is 0 Å². The molecule has 2 aromatic rings. The highest BCUT2D eigenvalue weighted by Crippen LogP contribution is 2.15. The van der Waals surface area contributed by atoms with Crippen LogP contribution in [-0.2, 0) is 35.5 Å². The van der Waals surface area contributed by atoms with E-state index >= 15 is 0 Å². The minimum Gasteiger partial charge on any atom is -0.497 e. The summed E-state index contributed by atoms with van der Waals surface area (Å²) in [4.78, 5) is 12.0. The molecule has 122 valence electrons. The number of aromatic nitrogens is 2. The Morgan fingerprint density at radius 1 is 1.39 bits per heavy atom. The summed E-state index contributed by atoms with van der Waals surface area (Å²) in [5.74, 6) is 0.807. The lowest BCUT2D eigenvalue weighted by Gasteiger charge is -2.14. The fraction of sp³-hybridized carbons (Fsp3) is 0.412. The van der Waals surface area contributed by atoms with E-state index in [2.05, 4.69) is 10.4 Å². The van der Waals surface area contributed by atoms with Crippen LogP contribution in [0.15, 0.2) is 30.5 Å². The van der Waals surface area contributed by atoms with Crippen LogP contribution in [0.1, 0.15) is 16.8 Å². The largest absolute Gasteiger partial charge is 0.497 e. The van der Waals surface area contributed by atoms with E-state index in [0.717, 1.165) is 29.9 Å². The summed E-state index contributed by atoms with van der Waals surface area (Å²) < 4.78 is 12.5. The maximum absolute atomic E-state index is 12.0. The zero-order valence-corrected chi connectivity index (χ0v) is 13.2. The number of ether oxygens (including phenoxy) is 2. The lowest BCUT2D eigenvalue weighted by molar-refractivity contribution is -0.120. The quantitative estimate of drug-likeness (QED) is 0.873. The van der Waals surface area contributed by atoms with E-state index in [0.29, 0.717) is 26.1 Å². The number of fused-ring (bicyclic) bond motifs is 1. The molecule has 0 fully saturated rings. The Hall–Kier alpha value is -2.34. The van der Waals surface area contributed by atoms with Crippen LogP contribution in [0.25, 0.3) is 0 Å². The second-order valence-electron chi connectivity index (χ2n) is 5.52. The van der Waals surface area contributed by atoms with Gasteiger partial charge in [0.2, 0.25) is 5.91 Å². The average Bonchev–Trinajstić information content (AvgIpc) is 2.99. The molecule has 0 bridgehead atoms. The van der Waals surface area contributed by atoms with Crippen LogP contribution in [0.3, 0.4) is 0 Å². The highest BCUT2D eigenvalue weighted by molar-refractivity contribution is 5.78. The minimum absolute atomic E-state index is 0.0134. The summed E-state index contributed by atoms with van der Waals surface area (Å²) in [6, 6.07) is 7.53. The zero-order valence-electron chi connectivity index (χ0n) is 13.2. The number of hydrogen-bond acceptors (Lipinski definition) is 4. The van der Waals surface area contributed by atoms with E-state index in [1.807, 2.05) is 35.1 Å². The van der Waals surface area contributed by atoms with Crippen LogP contribution >= 0.6 is 0 Å². The molecule has 1 aliphatic rings. The molecule has 1 aromatic heterocycles. The molecule has 1 aliphatic heterocycles. The van der Waals surface area contributed by atoms with Gasteiger partial charge in [-0.15, -0.1) is 0 Å². The molecule has 0 spiro atoms. The predicted molar refractivity (Wildman–Crippen MR) is 85.3 cm³/mol. The fourth-order valence-electron chi connectivity index (χ4n) is 2.70. The van der Waals surface area contributed by atoms with Gasteiger partial charge >= 0.3 is 0 Å². The molecule has 2 heterocycles. The van der Waals surface area contributed by atoms with Crippen LogP contribution in [0, 0.1) is 0 Å². The van der Waals surface area contributed by atoms with Gasteiger partial charge in [0.25, 0.3) is 0 Å². The number of rotatable bonds is 6. The molecule has 6 nitrogen and oxygen atoms in total. The van der Waals surface area contributed by atoms with Crippen LogP contribution in [0.5, 0.6) is 5.75 Å². The molecule has 0 radical (unpaired) electrons. The van der Waals surface area contributed by atoms with Crippen molar-refractivity contribution in [1.82, 2.24) is 15.1 Å². The Balaban J connectivity index is 1.46. The smallest absolute Gasteiger partial charge is 0.224 e. The van der Waals surface area contributed by atoms with Crippen LogP contribution in [0.2, 0.25) is 0 Å². The molecule has 23 heavy (non-hydrogen) atoms. The van der Waals surface area contributed by atoms with Gasteiger partial charge in [-0.3, -0.25) is 9.48 Å². The Kier molecular flexibility index (Phi) is 4.92. The highest BCUT2D eigenvalue weighted by Gasteiger charge is 2.15. The van der Waals surface area contributed by atoms with Crippen molar-refractivity contribution >= 4 is 5.91 Å². The highest BCUT2D eigenvalue weighted by atomic mass is 16.5. The molecule has 0 saturated heterocycles. The second kappa shape index (κ2) is 7.28. The first-order valence-electron chi connectivity index (χ1n) is 7.77. The van der Waals surface area contributed by atoms with Gasteiger partial charge in [0.05, 0.1) is 39.5 Å². The molecule has 0 unspecified atom stereocenters. The standard InChI is InChI=1S/C17H21N3O3/c1-22-15-4-2-13(3-5-15)10-17(21)18-7-8-20-16-6-9-23-12-14(16)11-19-20/h2-5,11H,6-10,12H2,1H3,(H,18,21). The van der Waals surface area contributed by atoms with Crippen molar-refractivity contribution in [2.24, 2.45) is 0 Å². The number of nitrogens with zero attached hydrogens (tertiary/aromatic N) is 2. The summed E-state index contributed by atoms with van der Waals surface area (Å²) >= 11 is 0. The van der Waals surface area contributed by atoms with Crippen molar-refractivity contribution in [2.75, 3.05) is 20.3 Å². The predicted octanol–water partition coefficient (Wildman–Crippen LogP) is 1.32. The third-order valence-corrected chi connectivity index (χ3v) is 3.95. The van der Waals surface area contributed by atoms with Gasteiger partial charge in [0, 0.05) is 24.2 Å². The third-order valence-electron chi connectivity index (χ3n) is 3.95. The van der Waals surface area contributed by atoms with Crippen molar-refractivity contribution in [1.29, 1.82) is 0 Å². The van der Waals surface area contributed by atoms with Gasteiger partial charge in [0.15, 0.2) is 0 Å². The topological polar surface area (TPSA) is 65.4 Å². The number of hydrogen-bond donors (Lipinski definition) is 1. The molecule has 0 saturated carbocycles. The van der Waals surface area contributed by atoms with Crippen molar-refractivity contribution in [2.45, 2.75) is 26.0 Å². The fourth-order valence-corrected chi connectivity index (χ4v) is 2.70. The monoisotopic (exact) mass is 315 g/mol. The number of carbonyl (C=O) groups excluding carboxylic acids is 1. The lowest BCUT2D eigenvalue weighted by Crippen LogP contribution is -2.29. The van der Waals surface area contributed by atoms with Crippen molar-refractivity contribution < 1.29 is 14.3 Å². The number of carbonyl (C=O) groups is 1. The first kappa shape index (κ1) is 15.6. The van der Waals surface area contributed by atoms with E-state index in [1.165, 1.54) is 5.69 Å². The first-order valence-corrected chi connectivity index (χ1v) is 7.77. The number of benzene rings is 1. The molecule has 3 rings (SSSR count). The summed E-state index contributed by atoms with van der Waals surface area (Å²) in [5, 5.41) is 7.31. The average molecular weight is 315 g/mol. The summed E-state index contributed by atoms with van der Waals surface area (Å²) in [6.07, 6.45) is 3.11. The van der Waals surface area contributed by atoms with Gasteiger partial charge in [-0.05, 0) is 17.7 Å². The van der Waals surface area contributed by atoms with Crippen LogP contribution < -0.4 is 10.1 Å². The zero-order chi connectivity index (χ0) is 16.1. The van der Waals surface area contributed by atoms with E-state index in [9.17, 15) is 4.79 Å². The number of amides is 1. The Morgan fingerprint density at radius 3 is 3.00 bits per heavy atom. The van der Waals surface area contributed by atoms with E-state index < -0.39 is 0 Å². The van der Waals surface area contributed by atoms with Crippen molar-refractivity contribution in [3.05, 3.63) is 47.3 Å². The molecule has 1 N–H and O–H groups in total. The second-order valence-corrected chi connectivity index (χ2v) is 5.52. The van der Waals surface area contributed by atoms with Crippen LogP contribution in [-0.4, -0.2) is 35.9 Å². The maximum atomic E-state index is 12.0. The molecule has 1 amide bonds. The van der Waals surface area contributed by atoms with Gasteiger partial charge in [-0.2, -0.15) is 5.10 Å². The third kappa shape index (κ3) is 3.90. The minimum atomic E-state index is 0.0134. The normalized spacial score (nSPS) is 13.4. The first-order chi connectivity index (χ1) is 11.3. The summed E-state index contributed by atoms with van der Waals surface area (Å²) in [7, 11) is 1.63. The maximum Gasteiger partial charge on any atom is 0.224 e. The van der Waals surface area contributed by atoms with E-state index in [-0.39, 0.29) is 5.91 Å². The Labute approximate surface area is 135 Å². The number of nitrogens with one attached hydrogen (secondary N) is 1. The molecule has 0 atom stereocenters. The lowest BCUT2D eigenvalue weighted by atomic mass is 10.1. The van der Waals surface area contributed by atoms with Gasteiger partial charge in [0.1, 0.15) is 5.75 Å². The Bertz CT molecular complexity index is 664. The van der Waals surface area contributed by atoms with Gasteiger partial charge in [-0.25, -0.2) is 0 Å². The number of methoxy groups -OCH3 is 1. The molecular formula is C17H21N3O3. The SMILES string of the molecule is COc1ccc(CC(=O)NCCn2ncc3c2CCOC3)cc1. The summed E-state index contributed by atoms with van der Waals surface area (Å²) in [5.41, 5.74) is 3.35. The van der Waals surface area contributed by atoms with Gasteiger partial charge < -0.3 is 14.8 Å². The Morgan fingerprint density at radius 2 is 2.22 bits per heavy atom.